The van der Waals surface area contributed by atoms with E-state index >= 15 is 0 Å². The molecule has 26 heavy (non-hydrogen) atoms. The molecule has 3 rings (SSSR count). The van der Waals surface area contributed by atoms with Crippen LogP contribution in [0.3, 0.4) is 0 Å². The van der Waals surface area contributed by atoms with Crippen LogP contribution < -0.4 is 0 Å². The Morgan fingerprint density at radius 1 is 1.04 bits per heavy atom. The van der Waals surface area contributed by atoms with Gasteiger partial charge in [0.15, 0.2) is 0 Å². The van der Waals surface area contributed by atoms with Crippen LogP contribution in [-0.4, -0.2) is 48.4 Å². The summed E-state index contributed by atoms with van der Waals surface area (Å²) in [7, 11) is 0. The first-order chi connectivity index (χ1) is 12.4. The van der Waals surface area contributed by atoms with Crippen molar-refractivity contribution < 1.29 is 18.0 Å². The van der Waals surface area contributed by atoms with Crippen LogP contribution in [-0.2, 0) is 23.8 Å². The van der Waals surface area contributed by atoms with Gasteiger partial charge in [0.25, 0.3) is 0 Å². The van der Waals surface area contributed by atoms with Crippen LogP contribution in [0.15, 0.2) is 41.8 Å². The highest BCUT2D eigenvalue weighted by molar-refractivity contribution is 7.10. The number of carbonyl (C=O) groups excluding carboxylic acids is 1. The summed E-state index contributed by atoms with van der Waals surface area (Å²) in [5.74, 6) is 0.120. The van der Waals surface area contributed by atoms with E-state index in [0.717, 1.165) is 10.9 Å². The number of thiophene rings is 1. The van der Waals surface area contributed by atoms with Crippen molar-refractivity contribution in [1.82, 2.24) is 9.80 Å². The maximum atomic E-state index is 13.1. The summed E-state index contributed by atoms with van der Waals surface area (Å²) in [4.78, 5) is 17.3. The molecular weight excluding hydrogens is 361 g/mol. The number of piperazine rings is 1. The third-order valence-corrected chi connectivity index (χ3v) is 5.53. The summed E-state index contributed by atoms with van der Waals surface area (Å²) < 4.78 is 39.2. The number of benzene rings is 1. The zero-order valence-corrected chi connectivity index (χ0v) is 15.2. The van der Waals surface area contributed by atoms with Gasteiger partial charge >= 0.3 is 6.18 Å². The molecule has 3 nitrogen and oxygen atoms in total. The highest BCUT2D eigenvalue weighted by Gasteiger charge is 2.32. The van der Waals surface area contributed by atoms with E-state index in [1.165, 1.54) is 6.07 Å². The lowest BCUT2D eigenvalue weighted by Crippen LogP contribution is -2.49. The van der Waals surface area contributed by atoms with Crippen molar-refractivity contribution in [2.24, 2.45) is 0 Å². The van der Waals surface area contributed by atoms with Gasteiger partial charge < -0.3 is 4.90 Å². The molecule has 1 saturated heterocycles. The lowest BCUT2D eigenvalue weighted by Gasteiger charge is -2.35. The zero-order valence-electron chi connectivity index (χ0n) is 14.3. The predicted molar refractivity (Wildman–Crippen MR) is 96.2 cm³/mol. The summed E-state index contributed by atoms with van der Waals surface area (Å²) in [5, 5.41) is 1.96. The molecule has 1 aromatic carbocycles. The quantitative estimate of drug-likeness (QED) is 0.787. The minimum Gasteiger partial charge on any atom is -0.340 e. The number of hydrogen-bond acceptors (Lipinski definition) is 3. The van der Waals surface area contributed by atoms with Crippen molar-refractivity contribution in [3.63, 3.8) is 0 Å². The molecule has 0 bridgehead atoms. The number of halogens is 3. The first-order valence-corrected chi connectivity index (χ1v) is 9.49. The molecule has 0 atom stereocenters. The van der Waals surface area contributed by atoms with Gasteiger partial charge in [-0.15, -0.1) is 11.3 Å². The molecule has 2 heterocycles. The van der Waals surface area contributed by atoms with Gasteiger partial charge in [0, 0.05) is 37.6 Å². The van der Waals surface area contributed by atoms with Gasteiger partial charge in [0.1, 0.15) is 0 Å². The minimum atomic E-state index is -4.32. The van der Waals surface area contributed by atoms with Gasteiger partial charge in [-0.05, 0) is 29.5 Å². The second-order valence-electron chi connectivity index (χ2n) is 6.38. The van der Waals surface area contributed by atoms with E-state index in [4.69, 9.17) is 0 Å². The molecule has 1 aliphatic heterocycles. The lowest BCUT2D eigenvalue weighted by molar-refractivity contribution is -0.138. The van der Waals surface area contributed by atoms with Gasteiger partial charge in [-0.3, -0.25) is 9.69 Å². The largest absolute Gasteiger partial charge is 0.416 e. The van der Waals surface area contributed by atoms with Crippen molar-refractivity contribution in [3.8, 4) is 0 Å². The lowest BCUT2D eigenvalue weighted by atomic mass is 10.0. The highest BCUT2D eigenvalue weighted by atomic mass is 32.1. The fourth-order valence-corrected chi connectivity index (χ4v) is 3.88. The van der Waals surface area contributed by atoms with Crippen molar-refractivity contribution >= 4 is 17.2 Å². The number of rotatable bonds is 5. The molecule has 0 saturated carbocycles. The van der Waals surface area contributed by atoms with Crippen LogP contribution in [0.2, 0.25) is 0 Å². The number of nitrogens with zero attached hydrogens (tertiary/aromatic N) is 2. The monoisotopic (exact) mass is 382 g/mol. The maximum Gasteiger partial charge on any atom is 0.416 e. The summed E-state index contributed by atoms with van der Waals surface area (Å²) in [6, 6.07) is 9.64. The Labute approximate surface area is 155 Å². The molecule has 140 valence electrons. The highest BCUT2D eigenvalue weighted by Crippen LogP contribution is 2.32. The van der Waals surface area contributed by atoms with Gasteiger partial charge in [0.05, 0.1) is 12.0 Å². The summed E-state index contributed by atoms with van der Waals surface area (Å²) in [6.45, 7) is 3.23. The topological polar surface area (TPSA) is 23.6 Å². The number of carbonyl (C=O) groups is 1. The fourth-order valence-electron chi connectivity index (χ4n) is 3.19. The van der Waals surface area contributed by atoms with Crippen LogP contribution in [0.5, 0.6) is 0 Å². The standard InChI is InChI=1S/C19H21F3N2OS/c20-19(21,22)17-6-2-1-4-15(17)7-8-23-9-11-24(12-10-23)18(25)14-16-5-3-13-26-16/h1-6,13H,7-12,14H2. The van der Waals surface area contributed by atoms with Crippen LogP contribution in [0.4, 0.5) is 13.2 Å². The summed E-state index contributed by atoms with van der Waals surface area (Å²) in [5.41, 5.74) is -0.221. The van der Waals surface area contributed by atoms with Crippen LogP contribution >= 0.6 is 11.3 Å². The second kappa shape index (κ2) is 8.22. The molecule has 2 aromatic rings. The van der Waals surface area contributed by atoms with Crippen LogP contribution in [0, 0.1) is 0 Å². The Kier molecular flexibility index (Phi) is 5.98. The molecule has 0 N–H and O–H groups in total. The normalized spacial score (nSPS) is 16.0. The van der Waals surface area contributed by atoms with E-state index in [1.807, 2.05) is 22.4 Å². The Morgan fingerprint density at radius 3 is 2.42 bits per heavy atom. The number of amides is 1. The fraction of sp³-hybridized carbons (Fsp3) is 0.421. The first kappa shape index (κ1) is 18.9. The maximum absolute atomic E-state index is 13.1. The average Bonchev–Trinajstić information content (AvgIpc) is 3.13. The van der Waals surface area contributed by atoms with Gasteiger partial charge in [-0.1, -0.05) is 24.3 Å². The second-order valence-corrected chi connectivity index (χ2v) is 7.42. The Balaban J connectivity index is 1.48. The molecule has 1 aliphatic rings. The molecule has 1 aromatic heterocycles. The molecule has 0 aliphatic carbocycles. The van der Waals surface area contributed by atoms with E-state index in [1.54, 1.807) is 23.5 Å². The Morgan fingerprint density at radius 2 is 1.77 bits per heavy atom. The van der Waals surface area contributed by atoms with E-state index in [2.05, 4.69) is 4.90 Å². The van der Waals surface area contributed by atoms with E-state index < -0.39 is 11.7 Å². The summed E-state index contributed by atoms with van der Waals surface area (Å²) in [6.07, 6.45) is -3.53. The molecule has 1 fully saturated rings. The molecule has 0 unspecified atom stereocenters. The molecular formula is C19H21F3N2OS. The Hall–Kier alpha value is -1.86. The van der Waals surface area contributed by atoms with Crippen LogP contribution in [0.1, 0.15) is 16.0 Å². The van der Waals surface area contributed by atoms with Crippen molar-refractivity contribution in [1.29, 1.82) is 0 Å². The third kappa shape index (κ3) is 4.86. The molecule has 0 spiro atoms. The van der Waals surface area contributed by atoms with Gasteiger partial charge in [-0.25, -0.2) is 0 Å². The first-order valence-electron chi connectivity index (χ1n) is 8.61. The number of alkyl halides is 3. The van der Waals surface area contributed by atoms with E-state index in [0.29, 0.717) is 51.1 Å². The third-order valence-electron chi connectivity index (χ3n) is 4.65. The molecule has 0 radical (unpaired) electrons. The predicted octanol–water partition coefficient (Wildman–Crippen LogP) is 3.70. The SMILES string of the molecule is O=C(Cc1cccs1)N1CCN(CCc2ccccc2C(F)(F)F)CC1. The van der Waals surface area contributed by atoms with Gasteiger partial charge in [0.2, 0.25) is 5.91 Å². The van der Waals surface area contributed by atoms with Crippen molar-refractivity contribution in [3.05, 3.63) is 57.8 Å². The summed E-state index contributed by atoms with van der Waals surface area (Å²) >= 11 is 1.58. The van der Waals surface area contributed by atoms with Gasteiger partial charge in [-0.2, -0.15) is 13.2 Å². The number of hydrogen-bond donors (Lipinski definition) is 0. The zero-order chi connectivity index (χ0) is 18.6. The van der Waals surface area contributed by atoms with Crippen LogP contribution in [0.25, 0.3) is 0 Å². The van der Waals surface area contributed by atoms with Crippen molar-refractivity contribution in [2.75, 3.05) is 32.7 Å². The van der Waals surface area contributed by atoms with E-state index in [9.17, 15) is 18.0 Å². The van der Waals surface area contributed by atoms with E-state index in [-0.39, 0.29) is 5.91 Å². The Bertz CT molecular complexity index is 723. The minimum absolute atomic E-state index is 0.120. The molecule has 1 amide bonds. The molecule has 7 heteroatoms. The van der Waals surface area contributed by atoms with Crippen molar-refractivity contribution in [2.45, 2.75) is 19.0 Å². The average molecular weight is 382 g/mol. The smallest absolute Gasteiger partial charge is 0.340 e.